The molecule has 4 rings (SSSR count). The Morgan fingerprint density at radius 1 is 0.929 bits per heavy atom. The predicted molar refractivity (Wildman–Crippen MR) is 106 cm³/mol. The number of hydrogen-bond donors (Lipinski definition) is 1. The van der Waals surface area contributed by atoms with Crippen LogP contribution in [0.25, 0.3) is 11.3 Å². The molecule has 1 aromatic carbocycles. The number of piperidine rings is 1. The van der Waals surface area contributed by atoms with Crippen molar-refractivity contribution >= 4 is 17.4 Å². The fraction of sp³-hybridized carbons (Fsp3) is 0.238. The zero-order valence-electron chi connectivity index (χ0n) is 15.3. The first-order chi connectivity index (χ1) is 13.7. The van der Waals surface area contributed by atoms with E-state index < -0.39 is 5.63 Å². The van der Waals surface area contributed by atoms with E-state index in [-0.39, 0.29) is 11.5 Å². The Morgan fingerprint density at radius 3 is 2.36 bits per heavy atom. The molecule has 0 unspecified atom stereocenters. The first-order valence-corrected chi connectivity index (χ1v) is 9.28. The van der Waals surface area contributed by atoms with Gasteiger partial charge in [0.15, 0.2) is 5.82 Å². The monoisotopic (exact) mass is 376 g/mol. The van der Waals surface area contributed by atoms with Crippen molar-refractivity contribution in [3.05, 3.63) is 70.8 Å². The molecule has 28 heavy (non-hydrogen) atoms. The number of carbonyl (C=O) groups excluding carboxylic acids is 1. The maximum absolute atomic E-state index is 12.2. The summed E-state index contributed by atoms with van der Waals surface area (Å²) in [4.78, 5) is 25.4. The highest BCUT2D eigenvalue weighted by atomic mass is 16.4. The van der Waals surface area contributed by atoms with Crippen molar-refractivity contribution in [2.24, 2.45) is 0 Å². The van der Waals surface area contributed by atoms with Crippen LogP contribution in [0.4, 0.5) is 11.5 Å². The highest BCUT2D eigenvalue weighted by Gasteiger charge is 2.13. The lowest BCUT2D eigenvalue weighted by molar-refractivity contribution is 0.102. The van der Waals surface area contributed by atoms with Gasteiger partial charge in [-0.1, -0.05) is 12.1 Å². The minimum absolute atomic E-state index is 0.280. The minimum atomic E-state index is -0.492. The third-order valence-corrected chi connectivity index (χ3v) is 4.73. The van der Waals surface area contributed by atoms with Crippen LogP contribution in [0.2, 0.25) is 0 Å². The number of aromatic nitrogens is 2. The number of hydrogen-bond acceptors (Lipinski definition) is 6. The number of anilines is 2. The molecule has 1 aliphatic rings. The molecule has 0 saturated carbocycles. The number of rotatable bonds is 4. The minimum Gasteiger partial charge on any atom is -0.430 e. The molecule has 2 aromatic heterocycles. The van der Waals surface area contributed by atoms with E-state index in [0.717, 1.165) is 36.4 Å². The summed E-state index contributed by atoms with van der Waals surface area (Å²) in [5, 5.41) is 11.5. The van der Waals surface area contributed by atoms with Crippen LogP contribution < -0.4 is 15.8 Å². The van der Waals surface area contributed by atoms with Gasteiger partial charge in [-0.3, -0.25) is 4.79 Å². The molecular weight excluding hydrogens is 356 g/mol. The fourth-order valence-electron chi connectivity index (χ4n) is 3.19. The summed E-state index contributed by atoms with van der Waals surface area (Å²) in [6.45, 7) is 2.07. The molecule has 1 N–H and O–H groups in total. The van der Waals surface area contributed by atoms with Crippen molar-refractivity contribution in [2.75, 3.05) is 23.3 Å². The van der Waals surface area contributed by atoms with Gasteiger partial charge in [0.1, 0.15) is 6.26 Å². The van der Waals surface area contributed by atoms with E-state index in [1.54, 1.807) is 12.1 Å². The standard InChI is InChI=1S/C21H20N4O3/c26-20-11-6-16(14-28-20)21(27)22-17-7-4-15(5-8-17)18-9-10-19(24-23-18)25-12-2-1-3-13-25/h4-11,14H,1-3,12-13H2,(H,22,27). The SMILES string of the molecule is O=C(Nc1ccc(-c2ccc(N3CCCCC3)nn2)cc1)c1ccc(=O)oc1. The molecule has 142 valence electrons. The second kappa shape index (κ2) is 8.04. The summed E-state index contributed by atoms with van der Waals surface area (Å²) in [5.41, 5.74) is 2.12. The smallest absolute Gasteiger partial charge is 0.335 e. The summed E-state index contributed by atoms with van der Waals surface area (Å²) >= 11 is 0. The van der Waals surface area contributed by atoms with Crippen molar-refractivity contribution in [3.63, 3.8) is 0 Å². The average Bonchev–Trinajstić information content (AvgIpc) is 2.75. The molecule has 1 aliphatic heterocycles. The zero-order chi connectivity index (χ0) is 19.3. The molecule has 0 bridgehead atoms. The molecule has 0 radical (unpaired) electrons. The Morgan fingerprint density at radius 2 is 1.71 bits per heavy atom. The number of benzene rings is 1. The Bertz CT molecular complexity index is 987. The molecule has 1 saturated heterocycles. The van der Waals surface area contributed by atoms with Gasteiger partial charge in [0.2, 0.25) is 0 Å². The number of carbonyl (C=O) groups is 1. The molecule has 3 heterocycles. The van der Waals surface area contributed by atoms with Gasteiger partial charge in [-0.05, 0) is 49.6 Å². The van der Waals surface area contributed by atoms with Gasteiger partial charge in [-0.2, -0.15) is 0 Å². The van der Waals surface area contributed by atoms with Gasteiger partial charge in [-0.15, -0.1) is 10.2 Å². The molecule has 1 fully saturated rings. The van der Waals surface area contributed by atoms with Gasteiger partial charge < -0.3 is 14.6 Å². The third kappa shape index (κ3) is 4.09. The van der Waals surface area contributed by atoms with Crippen LogP contribution in [0.15, 0.2) is 64.0 Å². The molecule has 7 nitrogen and oxygen atoms in total. The van der Waals surface area contributed by atoms with Crippen molar-refractivity contribution in [1.82, 2.24) is 10.2 Å². The van der Waals surface area contributed by atoms with Gasteiger partial charge >= 0.3 is 5.63 Å². The van der Waals surface area contributed by atoms with Crippen molar-refractivity contribution in [1.29, 1.82) is 0 Å². The Kier molecular flexibility index (Phi) is 5.14. The van der Waals surface area contributed by atoms with Crippen LogP contribution in [0.3, 0.4) is 0 Å². The average molecular weight is 376 g/mol. The normalized spacial score (nSPS) is 13.9. The van der Waals surface area contributed by atoms with Crippen LogP contribution in [-0.2, 0) is 0 Å². The first kappa shape index (κ1) is 17.9. The van der Waals surface area contributed by atoms with Crippen LogP contribution >= 0.6 is 0 Å². The second-order valence-corrected chi connectivity index (χ2v) is 6.70. The molecule has 1 amide bonds. The predicted octanol–water partition coefficient (Wildman–Crippen LogP) is 3.34. The third-order valence-electron chi connectivity index (χ3n) is 4.73. The van der Waals surface area contributed by atoms with E-state index in [0.29, 0.717) is 5.69 Å². The summed E-state index contributed by atoms with van der Waals surface area (Å²) in [7, 11) is 0. The van der Waals surface area contributed by atoms with Gasteiger partial charge in [0.05, 0.1) is 11.3 Å². The summed E-state index contributed by atoms with van der Waals surface area (Å²) in [5.74, 6) is 0.573. The Hall–Kier alpha value is -3.48. The van der Waals surface area contributed by atoms with E-state index >= 15 is 0 Å². The lowest BCUT2D eigenvalue weighted by atomic mass is 10.1. The van der Waals surface area contributed by atoms with E-state index in [4.69, 9.17) is 4.42 Å². The maximum atomic E-state index is 12.2. The largest absolute Gasteiger partial charge is 0.430 e. The van der Waals surface area contributed by atoms with Crippen LogP contribution in [0.5, 0.6) is 0 Å². The Labute approximate surface area is 162 Å². The van der Waals surface area contributed by atoms with Crippen LogP contribution in [-0.4, -0.2) is 29.2 Å². The zero-order valence-corrected chi connectivity index (χ0v) is 15.3. The topological polar surface area (TPSA) is 88.3 Å². The fourth-order valence-corrected chi connectivity index (χ4v) is 3.19. The lowest BCUT2D eigenvalue weighted by Crippen LogP contribution is -2.30. The van der Waals surface area contributed by atoms with Crippen molar-refractivity contribution in [2.45, 2.75) is 19.3 Å². The number of amides is 1. The van der Waals surface area contributed by atoms with Gasteiger partial charge in [-0.25, -0.2) is 4.79 Å². The van der Waals surface area contributed by atoms with Crippen LogP contribution in [0, 0.1) is 0 Å². The molecule has 3 aromatic rings. The first-order valence-electron chi connectivity index (χ1n) is 9.28. The van der Waals surface area contributed by atoms with Crippen LogP contribution in [0.1, 0.15) is 29.6 Å². The quantitative estimate of drug-likeness (QED) is 0.751. The van der Waals surface area contributed by atoms with Crippen molar-refractivity contribution in [3.8, 4) is 11.3 Å². The Balaban J connectivity index is 1.43. The molecule has 0 atom stereocenters. The van der Waals surface area contributed by atoms with E-state index in [1.807, 2.05) is 24.3 Å². The highest BCUT2D eigenvalue weighted by molar-refractivity contribution is 6.04. The van der Waals surface area contributed by atoms with Gasteiger partial charge in [0, 0.05) is 30.4 Å². The molecule has 0 spiro atoms. The summed E-state index contributed by atoms with van der Waals surface area (Å²) in [6, 6.07) is 14.0. The summed E-state index contributed by atoms with van der Waals surface area (Å²) < 4.78 is 4.71. The van der Waals surface area contributed by atoms with Gasteiger partial charge in [0.25, 0.3) is 5.91 Å². The lowest BCUT2D eigenvalue weighted by Gasteiger charge is -2.27. The number of nitrogens with one attached hydrogen (secondary N) is 1. The van der Waals surface area contributed by atoms with E-state index in [9.17, 15) is 9.59 Å². The van der Waals surface area contributed by atoms with E-state index in [1.165, 1.54) is 31.4 Å². The van der Waals surface area contributed by atoms with Crippen molar-refractivity contribution < 1.29 is 9.21 Å². The van der Waals surface area contributed by atoms with E-state index in [2.05, 4.69) is 20.4 Å². The summed E-state index contributed by atoms with van der Waals surface area (Å²) in [6.07, 6.45) is 4.83. The highest BCUT2D eigenvalue weighted by Crippen LogP contribution is 2.22. The second-order valence-electron chi connectivity index (χ2n) is 6.70. The maximum Gasteiger partial charge on any atom is 0.335 e. The molecule has 7 heteroatoms. The molecular formula is C21H20N4O3. The molecule has 0 aliphatic carbocycles. The number of nitrogens with zero attached hydrogens (tertiary/aromatic N) is 3.